The fourth-order valence-electron chi connectivity index (χ4n) is 1.29. The standard InChI is InChI=1S/C9H6N2O3/c12-9-8-2-1-7(11(13)14)5-6(8)3-4-10-9/h1-5H,(H,10,12). The quantitative estimate of drug-likeness (QED) is 0.546. The summed E-state index contributed by atoms with van der Waals surface area (Å²) in [6.07, 6.45) is 1.47. The number of hydrogen-bond donors (Lipinski definition) is 1. The molecule has 14 heavy (non-hydrogen) atoms. The van der Waals surface area contributed by atoms with Crippen LogP contribution in [-0.4, -0.2) is 9.91 Å². The third-order valence-electron chi connectivity index (χ3n) is 1.97. The number of fused-ring (bicyclic) bond motifs is 1. The number of aromatic nitrogens is 1. The zero-order valence-corrected chi connectivity index (χ0v) is 7.06. The van der Waals surface area contributed by atoms with E-state index in [4.69, 9.17) is 0 Å². The second kappa shape index (κ2) is 2.95. The van der Waals surface area contributed by atoms with Crippen molar-refractivity contribution in [2.24, 2.45) is 0 Å². The van der Waals surface area contributed by atoms with Crippen LogP contribution in [0.25, 0.3) is 10.8 Å². The molecular formula is C9H6N2O3. The first-order valence-electron chi connectivity index (χ1n) is 3.94. The second-order valence-corrected chi connectivity index (χ2v) is 2.84. The number of nitrogens with one attached hydrogen (secondary N) is 1. The van der Waals surface area contributed by atoms with Gasteiger partial charge in [-0.05, 0) is 17.5 Å². The molecule has 0 saturated heterocycles. The van der Waals surface area contributed by atoms with Gasteiger partial charge in [0.2, 0.25) is 0 Å². The number of nitro benzene ring substituents is 1. The summed E-state index contributed by atoms with van der Waals surface area (Å²) in [5, 5.41) is 11.5. The van der Waals surface area contributed by atoms with Crippen molar-refractivity contribution in [3.8, 4) is 0 Å². The summed E-state index contributed by atoms with van der Waals surface area (Å²) in [5.41, 5.74) is -0.250. The molecule has 0 aliphatic heterocycles. The zero-order chi connectivity index (χ0) is 10.1. The largest absolute Gasteiger partial charge is 0.329 e. The van der Waals surface area contributed by atoms with E-state index in [1.165, 1.54) is 24.4 Å². The molecule has 0 aliphatic rings. The first kappa shape index (κ1) is 8.43. The normalized spacial score (nSPS) is 10.3. The predicted molar refractivity (Wildman–Crippen MR) is 51.2 cm³/mol. The van der Waals surface area contributed by atoms with Gasteiger partial charge in [-0.2, -0.15) is 0 Å². The SMILES string of the molecule is O=c1[nH]ccc2cc([N+](=O)[O-])ccc12. The number of rotatable bonds is 1. The molecule has 0 radical (unpaired) electrons. The number of benzene rings is 1. The number of nitro groups is 1. The van der Waals surface area contributed by atoms with E-state index in [0.29, 0.717) is 10.8 Å². The van der Waals surface area contributed by atoms with Crippen LogP contribution in [0.3, 0.4) is 0 Å². The molecule has 0 atom stereocenters. The van der Waals surface area contributed by atoms with Crippen LogP contribution in [0.15, 0.2) is 35.3 Å². The van der Waals surface area contributed by atoms with Crippen LogP contribution in [0.4, 0.5) is 5.69 Å². The highest BCUT2D eigenvalue weighted by Gasteiger charge is 2.06. The lowest BCUT2D eigenvalue weighted by Gasteiger charge is -1.95. The molecule has 0 amide bonds. The Morgan fingerprint density at radius 1 is 1.29 bits per heavy atom. The van der Waals surface area contributed by atoms with Gasteiger partial charge in [-0.25, -0.2) is 0 Å². The smallest absolute Gasteiger partial charge is 0.270 e. The lowest BCUT2D eigenvalue weighted by Crippen LogP contribution is -2.04. The first-order chi connectivity index (χ1) is 6.68. The summed E-state index contributed by atoms with van der Waals surface area (Å²) in [4.78, 5) is 23.7. The Labute approximate surface area is 78.1 Å². The Bertz CT molecular complexity index is 559. The van der Waals surface area contributed by atoms with Crippen molar-refractivity contribution >= 4 is 16.5 Å². The minimum absolute atomic E-state index is 0.0110. The van der Waals surface area contributed by atoms with Crippen LogP contribution in [0, 0.1) is 10.1 Å². The van der Waals surface area contributed by atoms with Gasteiger partial charge >= 0.3 is 0 Å². The molecule has 1 aromatic heterocycles. The van der Waals surface area contributed by atoms with E-state index in [2.05, 4.69) is 4.98 Å². The third-order valence-corrected chi connectivity index (χ3v) is 1.97. The molecule has 70 valence electrons. The number of non-ortho nitro benzene ring substituents is 1. The Hall–Kier alpha value is -2.17. The van der Waals surface area contributed by atoms with E-state index in [1.54, 1.807) is 6.07 Å². The molecule has 1 aromatic carbocycles. The van der Waals surface area contributed by atoms with E-state index in [1.807, 2.05) is 0 Å². The molecule has 0 spiro atoms. The van der Waals surface area contributed by atoms with E-state index < -0.39 is 4.92 Å². The molecule has 0 unspecified atom stereocenters. The van der Waals surface area contributed by atoms with Gasteiger partial charge in [-0.1, -0.05) is 0 Å². The van der Waals surface area contributed by atoms with E-state index in [9.17, 15) is 14.9 Å². The van der Waals surface area contributed by atoms with Crippen molar-refractivity contribution in [1.29, 1.82) is 0 Å². The highest BCUT2D eigenvalue weighted by Crippen LogP contribution is 2.17. The molecule has 5 nitrogen and oxygen atoms in total. The van der Waals surface area contributed by atoms with E-state index in [-0.39, 0.29) is 11.2 Å². The second-order valence-electron chi connectivity index (χ2n) is 2.84. The van der Waals surface area contributed by atoms with Gasteiger partial charge in [0.15, 0.2) is 0 Å². The van der Waals surface area contributed by atoms with Crippen LogP contribution >= 0.6 is 0 Å². The maximum absolute atomic E-state index is 11.2. The highest BCUT2D eigenvalue weighted by atomic mass is 16.6. The number of nitrogens with zero attached hydrogens (tertiary/aromatic N) is 1. The summed E-state index contributed by atoms with van der Waals surface area (Å²) >= 11 is 0. The molecule has 5 heteroatoms. The van der Waals surface area contributed by atoms with Crippen molar-refractivity contribution in [2.75, 3.05) is 0 Å². The van der Waals surface area contributed by atoms with Crippen LogP contribution in [0.5, 0.6) is 0 Å². The average molecular weight is 190 g/mol. The molecule has 1 heterocycles. The van der Waals surface area contributed by atoms with Crippen LogP contribution < -0.4 is 5.56 Å². The fourth-order valence-corrected chi connectivity index (χ4v) is 1.29. The van der Waals surface area contributed by atoms with Gasteiger partial charge < -0.3 is 4.98 Å². The maximum atomic E-state index is 11.2. The molecule has 0 bridgehead atoms. The first-order valence-corrected chi connectivity index (χ1v) is 3.94. The molecule has 2 aromatic rings. The van der Waals surface area contributed by atoms with Crippen LogP contribution in [-0.2, 0) is 0 Å². The summed E-state index contributed by atoms with van der Waals surface area (Å²) in [7, 11) is 0. The molecule has 0 saturated carbocycles. The predicted octanol–water partition coefficient (Wildman–Crippen LogP) is 1.44. The lowest BCUT2D eigenvalue weighted by atomic mass is 10.1. The molecular weight excluding hydrogens is 184 g/mol. The fraction of sp³-hybridized carbons (Fsp3) is 0. The number of hydrogen-bond acceptors (Lipinski definition) is 3. The Kier molecular flexibility index (Phi) is 1.78. The van der Waals surface area contributed by atoms with Crippen molar-refractivity contribution in [3.05, 3.63) is 50.9 Å². The maximum Gasteiger partial charge on any atom is 0.270 e. The van der Waals surface area contributed by atoms with Crippen LogP contribution in [0.2, 0.25) is 0 Å². The van der Waals surface area contributed by atoms with Gasteiger partial charge in [0.1, 0.15) is 0 Å². The van der Waals surface area contributed by atoms with Crippen LogP contribution in [0.1, 0.15) is 0 Å². The Morgan fingerprint density at radius 3 is 2.79 bits per heavy atom. The average Bonchev–Trinajstić information content (AvgIpc) is 2.17. The van der Waals surface area contributed by atoms with Gasteiger partial charge in [-0.3, -0.25) is 14.9 Å². The van der Waals surface area contributed by atoms with E-state index in [0.717, 1.165) is 0 Å². The number of aromatic amines is 1. The lowest BCUT2D eigenvalue weighted by molar-refractivity contribution is -0.384. The van der Waals surface area contributed by atoms with Crippen molar-refractivity contribution in [1.82, 2.24) is 4.98 Å². The molecule has 0 aliphatic carbocycles. The summed E-state index contributed by atoms with van der Waals surface area (Å²) in [5.74, 6) is 0. The molecule has 0 fully saturated rings. The minimum Gasteiger partial charge on any atom is -0.329 e. The van der Waals surface area contributed by atoms with Crippen molar-refractivity contribution in [2.45, 2.75) is 0 Å². The van der Waals surface area contributed by atoms with Gasteiger partial charge in [0.05, 0.1) is 4.92 Å². The van der Waals surface area contributed by atoms with Crippen molar-refractivity contribution < 1.29 is 4.92 Å². The summed E-state index contributed by atoms with van der Waals surface area (Å²) in [6, 6.07) is 5.78. The topological polar surface area (TPSA) is 76.0 Å². The Morgan fingerprint density at radius 2 is 2.07 bits per heavy atom. The Balaban J connectivity index is 2.80. The summed E-state index contributed by atoms with van der Waals surface area (Å²) in [6.45, 7) is 0. The summed E-state index contributed by atoms with van der Waals surface area (Å²) < 4.78 is 0. The number of pyridine rings is 1. The van der Waals surface area contributed by atoms with Gasteiger partial charge in [0, 0.05) is 23.7 Å². The molecule has 1 N–H and O–H groups in total. The van der Waals surface area contributed by atoms with Crippen molar-refractivity contribution in [3.63, 3.8) is 0 Å². The third kappa shape index (κ3) is 1.24. The molecule has 2 rings (SSSR count). The van der Waals surface area contributed by atoms with Gasteiger partial charge in [0.25, 0.3) is 11.2 Å². The zero-order valence-electron chi connectivity index (χ0n) is 7.06. The van der Waals surface area contributed by atoms with Gasteiger partial charge in [-0.15, -0.1) is 0 Å². The minimum atomic E-state index is -0.485. The van der Waals surface area contributed by atoms with E-state index >= 15 is 0 Å². The monoisotopic (exact) mass is 190 g/mol. The number of H-pyrrole nitrogens is 1. The highest BCUT2D eigenvalue weighted by molar-refractivity contribution is 5.83.